The molecule has 0 unspecified atom stereocenters. The molecule has 0 spiro atoms. The van der Waals surface area contributed by atoms with Crippen molar-refractivity contribution in [1.29, 1.82) is 0 Å². The van der Waals surface area contributed by atoms with Gasteiger partial charge in [0.15, 0.2) is 0 Å². The number of halogens is 1. The number of hydrogen-bond donors (Lipinski definition) is 0. The first kappa shape index (κ1) is 17.9. The summed E-state index contributed by atoms with van der Waals surface area (Å²) in [7, 11) is 0. The average Bonchev–Trinajstić information content (AvgIpc) is 2.56. The van der Waals surface area contributed by atoms with E-state index in [1.54, 1.807) is 0 Å². The fourth-order valence-electron chi connectivity index (χ4n) is 2.61. The molecule has 0 amide bonds. The normalized spacial score (nSPS) is 10.9. The van der Waals surface area contributed by atoms with Crippen LogP contribution in [-0.2, 0) is 0 Å². The third-order valence-electron chi connectivity index (χ3n) is 3.88. The predicted molar refractivity (Wildman–Crippen MR) is 99.2 cm³/mol. The molecule has 2 rings (SSSR count). The minimum Gasteiger partial charge on any atom is -0.493 e. The molecule has 0 saturated carbocycles. The van der Waals surface area contributed by atoms with E-state index in [-0.39, 0.29) is 0 Å². The molecule has 0 fully saturated rings. The first-order chi connectivity index (χ1) is 11.3. The van der Waals surface area contributed by atoms with Crippen molar-refractivity contribution >= 4 is 22.4 Å². The molecule has 2 aromatic carbocycles. The molecule has 0 aromatic heterocycles. The van der Waals surface area contributed by atoms with Gasteiger partial charge in [-0.05, 0) is 38.0 Å². The zero-order chi connectivity index (χ0) is 16.5. The second kappa shape index (κ2) is 9.67. The lowest BCUT2D eigenvalue weighted by Crippen LogP contribution is -2.01. The fourth-order valence-corrected chi connectivity index (χ4v) is 2.72. The number of ether oxygens (including phenoxy) is 2. The highest BCUT2D eigenvalue weighted by atomic mass is 35.5. The van der Waals surface area contributed by atoms with E-state index in [4.69, 9.17) is 21.1 Å². The van der Waals surface area contributed by atoms with Crippen molar-refractivity contribution in [3.05, 3.63) is 35.9 Å². The van der Waals surface area contributed by atoms with E-state index >= 15 is 0 Å². The summed E-state index contributed by atoms with van der Waals surface area (Å²) in [6.45, 7) is 5.74. The zero-order valence-electron chi connectivity index (χ0n) is 14.2. The molecule has 3 heteroatoms. The molecule has 0 atom stereocenters. The smallest absolute Gasteiger partial charge is 0.127 e. The van der Waals surface area contributed by atoms with Gasteiger partial charge >= 0.3 is 0 Å². The number of fused-ring (bicyclic) bond motifs is 1. The molecular weight excluding hydrogens is 308 g/mol. The monoisotopic (exact) mass is 334 g/mol. The summed E-state index contributed by atoms with van der Waals surface area (Å²) in [5.41, 5.74) is 1.22. The third-order valence-corrected chi connectivity index (χ3v) is 4.15. The standard InChI is InChI=1S/C20H27ClO2/c1-3-4-5-6-13-22-19-10-11-20(23-14-7-12-21)18-15-16(2)8-9-17(18)19/h8-11,15H,3-7,12-14H2,1-2H3. The molecule has 126 valence electrons. The van der Waals surface area contributed by atoms with E-state index < -0.39 is 0 Å². The number of unbranched alkanes of at least 4 members (excludes halogenated alkanes) is 3. The summed E-state index contributed by atoms with van der Waals surface area (Å²) in [6, 6.07) is 10.4. The molecule has 2 nitrogen and oxygen atoms in total. The quantitative estimate of drug-likeness (QED) is 0.385. The highest BCUT2D eigenvalue weighted by Gasteiger charge is 2.08. The molecule has 0 radical (unpaired) electrons. The van der Waals surface area contributed by atoms with Crippen LogP contribution >= 0.6 is 11.6 Å². The second-order valence-electron chi connectivity index (χ2n) is 5.91. The van der Waals surface area contributed by atoms with Gasteiger partial charge in [0, 0.05) is 16.7 Å². The number of rotatable bonds is 10. The molecule has 0 bridgehead atoms. The van der Waals surface area contributed by atoms with E-state index in [2.05, 4.69) is 32.0 Å². The van der Waals surface area contributed by atoms with Crippen molar-refractivity contribution in [2.75, 3.05) is 19.1 Å². The predicted octanol–water partition coefficient (Wildman–Crippen LogP) is 6.12. The molecule has 0 heterocycles. The summed E-state index contributed by atoms with van der Waals surface area (Å²) in [5, 5.41) is 2.24. The Morgan fingerprint density at radius 3 is 2.22 bits per heavy atom. The van der Waals surface area contributed by atoms with Gasteiger partial charge < -0.3 is 9.47 Å². The van der Waals surface area contributed by atoms with Gasteiger partial charge in [0.05, 0.1) is 13.2 Å². The van der Waals surface area contributed by atoms with Gasteiger partial charge in [-0.1, -0.05) is 43.9 Å². The lowest BCUT2D eigenvalue weighted by molar-refractivity contribution is 0.306. The van der Waals surface area contributed by atoms with Crippen LogP contribution in [0.3, 0.4) is 0 Å². The van der Waals surface area contributed by atoms with Crippen molar-refractivity contribution in [3.8, 4) is 11.5 Å². The third kappa shape index (κ3) is 5.31. The van der Waals surface area contributed by atoms with Crippen molar-refractivity contribution in [2.45, 2.75) is 46.0 Å². The van der Waals surface area contributed by atoms with Gasteiger partial charge in [-0.15, -0.1) is 11.6 Å². The van der Waals surface area contributed by atoms with E-state index in [9.17, 15) is 0 Å². The second-order valence-corrected chi connectivity index (χ2v) is 6.29. The Morgan fingerprint density at radius 2 is 1.52 bits per heavy atom. The van der Waals surface area contributed by atoms with Crippen LogP contribution in [0.25, 0.3) is 10.8 Å². The van der Waals surface area contributed by atoms with Crippen molar-refractivity contribution in [3.63, 3.8) is 0 Å². The van der Waals surface area contributed by atoms with Gasteiger partial charge in [-0.2, -0.15) is 0 Å². The summed E-state index contributed by atoms with van der Waals surface area (Å²) in [6.07, 6.45) is 5.71. The molecule has 23 heavy (non-hydrogen) atoms. The molecule has 0 aliphatic carbocycles. The molecule has 0 aliphatic heterocycles. The summed E-state index contributed by atoms with van der Waals surface area (Å²) in [4.78, 5) is 0. The topological polar surface area (TPSA) is 18.5 Å². The number of hydrogen-bond acceptors (Lipinski definition) is 2. The lowest BCUT2D eigenvalue weighted by Gasteiger charge is -2.14. The molecule has 0 aliphatic rings. The number of aryl methyl sites for hydroxylation is 1. The van der Waals surface area contributed by atoms with Gasteiger partial charge in [0.2, 0.25) is 0 Å². The summed E-state index contributed by atoms with van der Waals surface area (Å²) < 4.78 is 11.9. The highest BCUT2D eigenvalue weighted by molar-refractivity contribution is 6.17. The zero-order valence-corrected chi connectivity index (χ0v) is 15.0. The fraction of sp³-hybridized carbons (Fsp3) is 0.500. The summed E-state index contributed by atoms with van der Waals surface area (Å²) >= 11 is 5.73. The summed E-state index contributed by atoms with van der Waals surface area (Å²) in [5.74, 6) is 2.48. The first-order valence-corrected chi connectivity index (χ1v) is 9.14. The maximum absolute atomic E-state index is 6.01. The molecule has 0 N–H and O–H groups in total. The first-order valence-electron chi connectivity index (χ1n) is 8.61. The average molecular weight is 335 g/mol. The Morgan fingerprint density at radius 1 is 0.826 bits per heavy atom. The Kier molecular flexibility index (Phi) is 7.54. The van der Waals surface area contributed by atoms with Crippen molar-refractivity contribution in [1.82, 2.24) is 0 Å². The van der Waals surface area contributed by atoms with Crippen LogP contribution in [0, 0.1) is 6.92 Å². The van der Waals surface area contributed by atoms with Crippen LogP contribution in [-0.4, -0.2) is 19.1 Å². The largest absolute Gasteiger partial charge is 0.493 e. The van der Waals surface area contributed by atoms with E-state index in [1.165, 1.54) is 24.8 Å². The van der Waals surface area contributed by atoms with Crippen LogP contribution in [0.15, 0.2) is 30.3 Å². The van der Waals surface area contributed by atoms with Crippen LogP contribution in [0.2, 0.25) is 0 Å². The van der Waals surface area contributed by atoms with Crippen LogP contribution < -0.4 is 9.47 Å². The maximum Gasteiger partial charge on any atom is 0.127 e. The molecule has 0 saturated heterocycles. The van der Waals surface area contributed by atoms with E-state index in [0.717, 1.165) is 41.7 Å². The minimum atomic E-state index is 0.621. The number of alkyl halides is 1. The van der Waals surface area contributed by atoms with Crippen molar-refractivity contribution in [2.24, 2.45) is 0 Å². The molecular formula is C20H27ClO2. The highest BCUT2D eigenvalue weighted by Crippen LogP contribution is 2.34. The van der Waals surface area contributed by atoms with Crippen LogP contribution in [0.4, 0.5) is 0 Å². The Bertz CT molecular complexity index is 610. The Labute approximate surface area is 144 Å². The van der Waals surface area contributed by atoms with Crippen LogP contribution in [0.5, 0.6) is 11.5 Å². The van der Waals surface area contributed by atoms with Crippen LogP contribution in [0.1, 0.15) is 44.6 Å². The van der Waals surface area contributed by atoms with Gasteiger partial charge in [-0.3, -0.25) is 0 Å². The maximum atomic E-state index is 6.01. The molecule has 2 aromatic rings. The van der Waals surface area contributed by atoms with Gasteiger partial charge in [0.25, 0.3) is 0 Å². The van der Waals surface area contributed by atoms with Crippen molar-refractivity contribution < 1.29 is 9.47 Å². The van der Waals surface area contributed by atoms with Gasteiger partial charge in [0.1, 0.15) is 11.5 Å². The number of benzene rings is 2. The SMILES string of the molecule is CCCCCCOc1ccc(OCCCCl)c2cc(C)ccc12. The Hall–Kier alpha value is -1.41. The van der Waals surface area contributed by atoms with Gasteiger partial charge in [-0.25, -0.2) is 0 Å². The van der Waals surface area contributed by atoms with E-state index in [0.29, 0.717) is 12.5 Å². The lowest BCUT2D eigenvalue weighted by atomic mass is 10.1. The minimum absolute atomic E-state index is 0.621. The van der Waals surface area contributed by atoms with E-state index in [1.807, 2.05) is 12.1 Å². The Balaban J connectivity index is 2.14.